The van der Waals surface area contributed by atoms with E-state index in [0.717, 1.165) is 0 Å². The van der Waals surface area contributed by atoms with Crippen LogP contribution in [0.4, 0.5) is 0 Å². The zero-order valence-corrected chi connectivity index (χ0v) is 50.4. The molecule has 0 aromatic heterocycles. The van der Waals surface area contributed by atoms with E-state index in [4.69, 9.17) is 75.8 Å². The quantitative estimate of drug-likeness (QED) is 0.108. The summed E-state index contributed by atoms with van der Waals surface area (Å²) in [6.45, 7) is 13.2. The number of hydrogen-bond acceptors (Lipinski definition) is 32. The van der Waals surface area contributed by atoms with Crippen LogP contribution in [0.5, 0.6) is 0 Å². The van der Waals surface area contributed by atoms with Gasteiger partial charge in [0, 0.05) is 0 Å². The highest BCUT2D eigenvalue weighted by Gasteiger charge is 2.60. The second-order valence-corrected chi connectivity index (χ2v) is 24.3. The van der Waals surface area contributed by atoms with Crippen LogP contribution in [0.25, 0.3) is 0 Å². The third kappa shape index (κ3) is 13.9. The molecule has 30 saturated heterocycles. The molecular weight excluding hydrogens is 1180 g/mol. The van der Waals surface area contributed by atoms with Gasteiger partial charge in [-0.25, -0.2) is 0 Å². The van der Waals surface area contributed by atoms with E-state index >= 15 is 0 Å². The molecule has 30 aliphatic heterocycles. The Kier molecular flexibility index (Phi) is 24.4. The van der Waals surface area contributed by atoms with E-state index < -0.39 is 246 Å². The molecule has 30 aliphatic rings. The molecule has 30 fully saturated rings. The van der Waals surface area contributed by atoms with Crippen molar-refractivity contribution in [3.63, 3.8) is 0 Å². The Morgan fingerprint density at radius 3 is 0.318 bits per heavy atom. The maximum absolute atomic E-state index is 11.7. The summed E-state index contributed by atoms with van der Waals surface area (Å²) in [6.07, 6.45) is -63.7. The molecule has 40 unspecified atom stereocenters. The largest absolute Gasteiger partial charge is 0.387 e. The lowest BCUT2D eigenvalue weighted by Gasteiger charge is -2.51. The van der Waals surface area contributed by atoms with Crippen LogP contribution in [0.3, 0.4) is 0 Å². The van der Waals surface area contributed by atoms with Gasteiger partial charge in [-0.1, -0.05) is 55.4 Å². The third-order valence-electron chi connectivity index (χ3n) is 18.7. The molecule has 32 heteroatoms. The van der Waals surface area contributed by atoms with Gasteiger partial charge in [-0.2, -0.15) is 0 Å². The molecule has 88 heavy (non-hydrogen) atoms. The highest BCUT2D eigenvalue weighted by atomic mass is 16.8. The molecule has 16 bridgehead atoms. The molecule has 0 saturated carbocycles. The van der Waals surface area contributed by atoms with Crippen LogP contribution in [-0.2, 0) is 75.8 Å². The van der Waals surface area contributed by atoms with Gasteiger partial charge in [0.2, 0.25) is 0 Å². The molecule has 0 aliphatic carbocycles. The van der Waals surface area contributed by atoms with Gasteiger partial charge in [-0.3, -0.25) is 0 Å². The average molecular weight is 1280 g/mol. The van der Waals surface area contributed by atoms with Crippen LogP contribution < -0.4 is 0 Å². The minimum Gasteiger partial charge on any atom is -0.387 e. The Morgan fingerprint density at radius 1 is 0.148 bits per heavy atom. The predicted octanol–water partition coefficient (Wildman–Crippen LogP) is -6.06. The normalized spacial score (nSPS) is 55.4. The summed E-state index contributed by atoms with van der Waals surface area (Å²) in [6, 6.07) is 0. The van der Waals surface area contributed by atoms with Gasteiger partial charge in [0.05, 0.1) is 48.8 Å². The molecule has 512 valence electrons. The Bertz CT molecular complexity index is 1700. The van der Waals surface area contributed by atoms with Gasteiger partial charge < -0.3 is 157 Å². The molecule has 0 radical (unpaired) electrons. The Hall–Kier alpha value is -1.28. The Balaban J connectivity index is 0.975. The van der Waals surface area contributed by atoms with Crippen molar-refractivity contribution in [3.05, 3.63) is 0 Å². The molecule has 0 aromatic carbocycles. The fourth-order valence-electron chi connectivity index (χ4n) is 13.4. The highest BCUT2D eigenvalue weighted by Crippen LogP contribution is 2.41. The molecule has 16 N–H and O–H groups in total. The van der Waals surface area contributed by atoms with Gasteiger partial charge in [0.15, 0.2) is 50.3 Å². The van der Waals surface area contributed by atoms with E-state index in [1.807, 2.05) is 0 Å². The molecule has 0 spiro atoms. The first-order valence-electron chi connectivity index (χ1n) is 31.3. The molecule has 30 heterocycles. The summed E-state index contributed by atoms with van der Waals surface area (Å²) in [5.74, 6) is 0. The molecule has 0 amide bonds. The van der Waals surface area contributed by atoms with Crippen LogP contribution >= 0.6 is 0 Å². The minimum absolute atomic E-state index is 0.0886. The van der Waals surface area contributed by atoms with Gasteiger partial charge in [0.1, 0.15) is 146 Å². The fourth-order valence-corrected chi connectivity index (χ4v) is 13.4. The lowest BCUT2D eigenvalue weighted by Crippen LogP contribution is -2.68. The van der Waals surface area contributed by atoms with Crippen molar-refractivity contribution in [3.8, 4) is 0 Å². The first-order chi connectivity index (χ1) is 41.9. The molecule has 40 atom stereocenters. The zero-order valence-electron chi connectivity index (χ0n) is 50.4. The first kappa shape index (κ1) is 71.0. The number of aliphatic hydroxyl groups is 16. The fraction of sp³-hybridized carbons (Fsp3) is 1.00. The van der Waals surface area contributed by atoms with Crippen LogP contribution in [0.1, 0.15) is 107 Å². The molecule has 30 rings (SSSR count). The van der Waals surface area contributed by atoms with E-state index in [-0.39, 0.29) is 51.4 Å². The first-order valence-corrected chi connectivity index (χ1v) is 31.3. The van der Waals surface area contributed by atoms with Crippen molar-refractivity contribution in [1.82, 2.24) is 0 Å². The van der Waals surface area contributed by atoms with E-state index in [1.54, 1.807) is 55.4 Å². The van der Waals surface area contributed by atoms with Crippen molar-refractivity contribution in [2.24, 2.45) is 0 Å². The van der Waals surface area contributed by atoms with E-state index in [0.29, 0.717) is 0 Å². The SMILES string of the molecule is CCC1OC2OC3C(CC)OC(OC4C(CC)OC(OC5C(CC)OC(OC6C(CC)OC(OC7C(CC)OC(OC8C(CC)OC(OC9C(CC)OC(OC1C(O)C2O)C(O)C9O)C(O)C8O)C(O)C7O)C(O)C6O)C(O)C5O)C(O)C4O)C(O)C3O. The van der Waals surface area contributed by atoms with Gasteiger partial charge in [-0.05, 0) is 51.4 Å². The van der Waals surface area contributed by atoms with Crippen molar-refractivity contribution in [2.45, 2.75) is 352 Å². The van der Waals surface area contributed by atoms with Crippen LogP contribution in [0.2, 0.25) is 0 Å². The zero-order chi connectivity index (χ0) is 64.1. The van der Waals surface area contributed by atoms with Crippen LogP contribution in [0, 0.1) is 0 Å². The van der Waals surface area contributed by atoms with E-state index in [9.17, 15) is 81.7 Å². The maximum atomic E-state index is 11.7. The van der Waals surface area contributed by atoms with Gasteiger partial charge >= 0.3 is 0 Å². The third-order valence-corrected chi connectivity index (χ3v) is 18.7. The average Bonchev–Trinajstić information content (AvgIpc) is 0.985. The van der Waals surface area contributed by atoms with Crippen LogP contribution in [0.15, 0.2) is 0 Å². The van der Waals surface area contributed by atoms with Crippen molar-refractivity contribution in [2.75, 3.05) is 0 Å². The topological polar surface area (TPSA) is 471 Å². The number of aliphatic hydroxyl groups excluding tert-OH is 16. The van der Waals surface area contributed by atoms with E-state index in [2.05, 4.69) is 0 Å². The molecular formula is C56H96O32. The predicted molar refractivity (Wildman–Crippen MR) is 287 cm³/mol. The summed E-state index contributed by atoms with van der Waals surface area (Å²) in [7, 11) is 0. The van der Waals surface area contributed by atoms with Crippen molar-refractivity contribution >= 4 is 0 Å². The summed E-state index contributed by atoms with van der Waals surface area (Å²) >= 11 is 0. The van der Waals surface area contributed by atoms with Gasteiger partial charge in [0.25, 0.3) is 0 Å². The summed E-state index contributed by atoms with van der Waals surface area (Å²) < 4.78 is 97.9. The molecule has 0 aromatic rings. The maximum Gasteiger partial charge on any atom is 0.187 e. The lowest BCUT2D eigenvalue weighted by molar-refractivity contribution is -0.401. The van der Waals surface area contributed by atoms with Gasteiger partial charge in [-0.15, -0.1) is 0 Å². The monoisotopic (exact) mass is 1280 g/mol. The number of ether oxygens (including phenoxy) is 16. The number of rotatable bonds is 8. The smallest absolute Gasteiger partial charge is 0.187 e. The van der Waals surface area contributed by atoms with Crippen molar-refractivity contribution < 1.29 is 157 Å². The lowest BCUT2D eigenvalue weighted by atomic mass is 9.93. The molecule has 32 nitrogen and oxygen atoms in total. The minimum atomic E-state index is -1.92. The highest BCUT2D eigenvalue weighted by molar-refractivity contribution is 5.02. The second kappa shape index (κ2) is 30.2. The second-order valence-electron chi connectivity index (χ2n) is 24.3. The Morgan fingerprint density at radius 2 is 0.239 bits per heavy atom. The summed E-state index contributed by atoms with van der Waals surface area (Å²) in [4.78, 5) is 0. The van der Waals surface area contributed by atoms with Crippen molar-refractivity contribution in [1.29, 1.82) is 0 Å². The van der Waals surface area contributed by atoms with E-state index in [1.165, 1.54) is 0 Å². The summed E-state index contributed by atoms with van der Waals surface area (Å²) in [5, 5.41) is 186. The summed E-state index contributed by atoms with van der Waals surface area (Å²) in [5.41, 5.74) is 0. The number of hydrogen-bond donors (Lipinski definition) is 16. The van der Waals surface area contributed by atoms with Crippen LogP contribution in [-0.4, -0.2) is 327 Å². The Labute approximate surface area is 508 Å². The standard InChI is InChI=1S/C56H96O32/c1-9-17-41-25(57)33(65)49(73-17)82-42-18(10-2)75-51(35(67)27(42)59)84-44-20(12-4)77-53(37(69)29(44)61)86-46-22(14-6)79-55(39(71)31(46)63)88-48-24(16-8)80-56(40(72)32(48)64)87-47-23(15-7)78-54(38(70)30(47)62)85-45-21(13-5)76-52(36(68)28(45)60)83-43-19(11-3)74-50(81-41)34(66)26(43)58/h17-72H,9-16H2,1-8H3.